The second-order valence-corrected chi connectivity index (χ2v) is 8.64. The molecule has 1 aliphatic rings. The van der Waals surface area contributed by atoms with E-state index < -0.39 is 0 Å². The minimum atomic E-state index is -0.0153. The fourth-order valence-electron chi connectivity index (χ4n) is 2.71. The second kappa shape index (κ2) is 8.54. The van der Waals surface area contributed by atoms with Gasteiger partial charge in [0.2, 0.25) is 5.91 Å². The maximum Gasteiger partial charge on any atom is 0.263 e. The van der Waals surface area contributed by atoms with Crippen LogP contribution < -0.4 is 10.9 Å². The highest BCUT2D eigenvalue weighted by molar-refractivity contribution is 7.99. The number of aromatic nitrogens is 2. The monoisotopic (exact) mass is 395 g/mol. The molecular formula is C18H25N3O3S2. The van der Waals surface area contributed by atoms with Gasteiger partial charge in [-0.05, 0) is 45.6 Å². The van der Waals surface area contributed by atoms with Crippen LogP contribution >= 0.6 is 23.1 Å². The van der Waals surface area contributed by atoms with Crippen LogP contribution in [-0.4, -0.2) is 40.5 Å². The zero-order valence-electron chi connectivity index (χ0n) is 15.5. The van der Waals surface area contributed by atoms with Crippen LogP contribution in [0, 0.1) is 13.8 Å². The lowest BCUT2D eigenvalue weighted by molar-refractivity contribution is -0.118. The van der Waals surface area contributed by atoms with E-state index in [1.54, 1.807) is 4.57 Å². The molecule has 1 amide bonds. The van der Waals surface area contributed by atoms with Crippen molar-refractivity contribution in [1.29, 1.82) is 0 Å². The normalized spacial score (nSPS) is 14.1. The lowest BCUT2D eigenvalue weighted by Crippen LogP contribution is -2.28. The van der Waals surface area contributed by atoms with Crippen LogP contribution in [0.15, 0.2) is 9.95 Å². The van der Waals surface area contributed by atoms with Crippen LogP contribution in [0.4, 0.5) is 0 Å². The minimum absolute atomic E-state index is 0.00579. The number of nitrogens with one attached hydrogen (secondary N) is 1. The fourth-order valence-corrected chi connectivity index (χ4v) is 4.62. The lowest BCUT2D eigenvalue weighted by atomic mass is 10.2. The van der Waals surface area contributed by atoms with Gasteiger partial charge in [-0.25, -0.2) is 4.98 Å². The molecule has 2 aromatic rings. The average molecular weight is 396 g/mol. The molecule has 1 aliphatic carbocycles. The Kier molecular flexibility index (Phi) is 6.37. The summed E-state index contributed by atoms with van der Waals surface area (Å²) in [6.07, 6.45) is 2.87. The summed E-state index contributed by atoms with van der Waals surface area (Å²) in [5.74, 6) is 0.287. The highest BCUT2D eigenvalue weighted by atomic mass is 32.2. The summed E-state index contributed by atoms with van der Waals surface area (Å²) >= 11 is 2.88. The number of rotatable bonds is 9. The first-order valence-corrected chi connectivity index (χ1v) is 10.8. The molecule has 0 bridgehead atoms. The van der Waals surface area contributed by atoms with Gasteiger partial charge in [0.25, 0.3) is 5.56 Å². The number of ether oxygens (including phenoxy) is 1. The van der Waals surface area contributed by atoms with Crippen molar-refractivity contribution < 1.29 is 9.53 Å². The summed E-state index contributed by atoms with van der Waals surface area (Å²) in [4.78, 5) is 31.7. The fraction of sp³-hybridized carbons (Fsp3) is 0.611. The molecule has 1 saturated carbocycles. The largest absolute Gasteiger partial charge is 0.382 e. The number of hydrogen-bond donors (Lipinski definition) is 1. The molecule has 0 spiro atoms. The van der Waals surface area contributed by atoms with E-state index in [1.165, 1.54) is 23.1 Å². The molecule has 0 atom stereocenters. The van der Waals surface area contributed by atoms with E-state index in [-0.39, 0.29) is 17.2 Å². The van der Waals surface area contributed by atoms with Gasteiger partial charge < -0.3 is 10.1 Å². The van der Waals surface area contributed by atoms with Gasteiger partial charge in [-0.3, -0.25) is 14.2 Å². The molecule has 0 saturated heterocycles. The lowest BCUT2D eigenvalue weighted by Gasteiger charge is -2.12. The molecule has 6 nitrogen and oxygen atoms in total. The molecule has 0 aromatic carbocycles. The van der Waals surface area contributed by atoms with Crippen molar-refractivity contribution in [2.24, 2.45) is 0 Å². The number of carbonyl (C=O) groups excluding carboxylic acids is 1. The first-order chi connectivity index (χ1) is 12.5. The van der Waals surface area contributed by atoms with Crippen molar-refractivity contribution in [2.45, 2.75) is 57.8 Å². The van der Waals surface area contributed by atoms with E-state index >= 15 is 0 Å². The van der Waals surface area contributed by atoms with Gasteiger partial charge in [-0.1, -0.05) is 11.8 Å². The third-order valence-corrected chi connectivity index (χ3v) is 6.48. The van der Waals surface area contributed by atoms with Crippen molar-refractivity contribution in [2.75, 3.05) is 19.0 Å². The molecule has 1 N–H and O–H groups in total. The summed E-state index contributed by atoms with van der Waals surface area (Å²) < 4.78 is 7.10. The van der Waals surface area contributed by atoms with E-state index in [2.05, 4.69) is 5.32 Å². The number of hydrogen-bond acceptors (Lipinski definition) is 6. The van der Waals surface area contributed by atoms with Crippen LogP contribution in [0.25, 0.3) is 10.2 Å². The highest BCUT2D eigenvalue weighted by Gasteiger charge is 2.24. The Morgan fingerprint density at radius 2 is 2.19 bits per heavy atom. The predicted molar refractivity (Wildman–Crippen MR) is 106 cm³/mol. The Balaban J connectivity index is 1.85. The first kappa shape index (κ1) is 19.4. The zero-order valence-corrected chi connectivity index (χ0v) is 17.1. The van der Waals surface area contributed by atoms with Crippen LogP contribution in [0.1, 0.15) is 36.6 Å². The Bertz CT molecular complexity index is 855. The smallest absolute Gasteiger partial charge is 0.263 e. The number of carbonyl (C=O) groups is 1. The van der Waals surface area contributed by atoms with Crippen molar-refractivity contribution in [3.05, 3.63) is 20.8 Å². The van der Waals surface area contributed by atoms with Gasteiger partial charge in [0.05, 0.1) is 11.1 Å². The quantitative estimate of drug-likeness (QED) is 0.401. The maximum atomic E-state index is 13.1. The number of nitrogens with zero attached hydrogens (tertiary/aromatic N) is 2. The molecule has 0 aliphatic heterocycles. The summed E-state index contributed by atoms with van der Waals surface area (Å²) in [5, 5.41) is 4.30. The van der Waals surface area contributed by atoms with Crippen LogP contribution in [0.2, 0.25) is 0 Å². The van der Waals surface area contributed by atoms with E-state index in [9.17, 15) is 9.59 Å². The summed E-state index contributed by atoms with van der Waals surface area (Å²) in [7, 11) is 0. The predicted octanol–water partition coefficient (Wildman–Crippen LogP) is 2.87. The van der Waals surface area contributed by atoms with Crippen LogP contribution in [0.5, 0.6) is 0 Å². The summed E-state index contributed by atoms with van der Waals surface area (Å²) in [6, 6.07) is 0.342. The number of thioether (sulfide) groups is 1. The van der Waals surface area contributed by atoms with Gasteiger partial charge in [-0.15, -0.1) is 11.3 Å². The third kappa shape index (κ3) is 4.47. The molecule has 26 heavy (non-hydrogen) atoms. The number of amides is 1. The third-order valence-electron chi connectivity index (χ3n) is 4.40. The Hall–Kier alpha value is -1.38. The van der Waals surface area contributed by atoms with Crippen molar-refractivity contribution in [3.63, 3.8) is 0 Å². The van der Waals surface area contributed by atoms with Crippen LogP contribution in [-0.2, 0) is 16.1 Å². The molecule has 1 fully saturated rings. The molecule has 2 heterocycles. The van der Waals surface area contributed by atoms with Gasteiger partial charge in [0, 0.05) is 30.7 Å². The van der Waals surface area contributed by atoms with Crippen molar-refractivity contribution >= 4 is 39.2 Å². The number of fused-ring (bicyclic) bond motifs is 1. The topological polar surface area (TPSA) is 73.2 Å². The summed E-state index contributed by atoms with van der Waals surface area (Å²) in [6.45, 7) is 7.75. The van der Waals surface area contributed by atoms with Crippen molar-refractivity contribution in [3.8, 4) is 0 Å². The van der Waals surface area contributed by atoms with Gasteiger partial charge in [0.1, 0.15) is 4.83 Å². The first-order valence-electron chi connectivity index (χ1n) is 9.01. The van der Waals surface area contributed by atoms with E-state index in [1.807, 2.05) is 20.8 Å². The highest BCUT2D eigenvalue weighted by Crippen LogP contribution is 2.28. The average Bonchev–Trinajstić information content (AvgIpc) is 3.36. The molecule has 0 radical (unpaired) electrons. The van der Waals surface area contributed by atoms with Gasteiger partial charge in [-0.2, -0.15) is 0 Å². The molecule has 2 aromatic heterocycles. The molecule has 3 rings (SSSR count). The minimum Gasteiger partial charge on any atom is -0.382 e. The van der Waals surface area contributed by atoms with Gasteiger partial charge >= 0.3 is 0 Å². The maximum absolute atomic E-state index is 13.1. The number of aryl methyl sites for hydroxylation is 2. The zero-order chi connectivity index (χ0) is 18.7. The SMILES string of the molecule is CCOCCCn1c(SCC(=O)NC2CC2)nc2sc(C)c(C)c2c1=O. The van der Waals surface area contributed by atoms with Crippen LogP contribution in [0.3, 0.4) is 0 Å². The second-order valence-electron chi connectivity index (χ2n) is 6.50. The summed E-state index contributed by atoms with van der Waals surface area (Å²) in [5.41, 5.74) is 0.988. The van der Waals surface area contributed by atoms with E-state index in [4.69, 9.17) is 9.72 Å². The van der Waals surface area contributed by atoms with E-state index in [0.29, 0.717) is 36.3 Å². The van der Waals surface area contributed by atoms with E-state index in [0.717, 1.165) is 34.5 Å². The van der Waals surface area contributed by atoms with Crippen molar-refractivity contribution in [1.82, 2.24) is 14.9 Å². The Morgan fingerprint density at radius 3 is 2.88 bits per heavy atom. The molecule has 8 heteroatoms. The molecule has 0 unspecified atom stereocenters. The molecular weight excluding hydrogens is 370 g/mol. The van der Waals surface area contributed by atoms with Gasteiger partial charge in [0.15, 0.2) is 5.16 Å². The Morgan fingerprint density at radius 1 is 1.42 bits per heavy atom. The number of thiophene rings is 1. The standard InChI is InChI=1S/C18H25N3O3S2/c1-4-24-9-5-8-21-17(23)15-11(2)12(3)26-16(15)20-18(21)25-10-14(22)19-13-6-7-13/h13H,4-10H2,1-3H3,(H,19,22). The Labute approximate surface area is 161 Å². The molecule has 142 valence electrons.